The normalized spacial score (nSPS) is 10.7. The fourth-order valence-corrected chi connectivity index (χ4v) is 2.23. The van der Waals surface area contributed by atoms with Crippen molar-refractivity contribution in [2.75, 3.05) is 5.73 Å². The van der Waals surface area contributed by atoms with Crippen molar-refractivity contribution < 1.29 is 8.91 Å². The highest BCUT2D eigenvalue weighted by atomic mass is 35.5. The zero-order valence-corrected chi connectivity index (χ0v) is 10.9. The van der Waals surface area contributed by atoms with Crippen LogP contribution in [0, 0.1) is 5.82 Å². The van der Waals surface area contributed by atoms with E-state index in [1.54, 1.807) is 30.6 Å². The Kier molecular flexibility index (Phi) is 3.12. The molecule has 0 aliphatic carbocycles. The molecular weight excluding hydrogens is 281 g/mol. The number of hydrogen-bond donors (Lipinski definition) is 1. The Morgan fingerprint density at radius 2 is 2.00 bits per heavy atom. The van der Waals surface area contributed by atoms with Crippen LogP contribution in [0.15, 0.2) is 47.2 Å². The summed E-state index contributed by atoms with van der Waals surface area (Å²) in [4.78, 5) is 3.99. The Morgan fingerprint density at radius 3 is 2.70 bits per heavy atom. The fraction of sp³-hybridized carbons (Fsp3) is 0. The van der Waals surface area contributed by atoms with E-state index in [4.69, 9.17) is 21.9 Å². The van der Waals surface area contributed by atoms with Gasteiger partial charge in [-0.1, -0.05) is 22.8 Å². The second-order valence-electron chi connectivity index (χ2n) is 4.11. The molecule has 0 spiro atoms. The number of nitrogen functional groups attached to an aromatic ring is 1. The number of halogens is 2. The zero-order valence-electron chi connectivity index (χ0n) is 10.2. The number of anilines is 1. The van der Waals surface area contributed by atoms with Gasteiger partial charge in [-0.05, 0) is 24.3 Å². The minimum atomic E-state index is -0.488. The second kappa shape index (κ2) is 4.94. The molecule has 4 nitrogen and oxygen atoms in total. The van der Waals surface area contributed by atoms with E-state index in [9.17, 15) is 4.39 Å². The Morgan fingerprint density at radius 1 is 1.15 bits per heavy atom. The molecule has 0 saturated carbocycles. The van der Waals surface area contributed by atoms with Gasteiger partial charge in [0, 0.05) is 23.5 Å². The summed E-state index contributed by atoms with van der Waals surface area (Å²) in [6.07, 6.45) is 3.21. The van der Waals surface area contributed by atoms with Crippen LogP contribution < -0.4 is 5.73 Å². The molecular formula is C14H9ClFN3O. The predicted octanol–water partition coefficient (Wildman–Crippen LogP) is 3.78. The molecule has 2 N–H and O–H groups in total. The molecule has 0 radical (unpaired) electrons. The molecule has 0 fully saturated rings. The standard InChI is InChI=1S/C14H9ClFN3O/c15-9-4-1-5-10(16)11(9)12-13(20-19-14(12)17)8-3-2-6-18-7-8/h1-7H,(H2,17,19). The van der Waals surface area contributed by atoms with E-state index in [1.165, 1.54) is 12.1 Å². The molecule has 100 valence electrons. The molecule has 0 bridgehead atoms. The average molecular weight is 290 g/mol. The van der Waals surface area contributed by atoms with Crippen LogP contribution in [0.3, 0.4) is 0 Å². The van der Waals surface area contributed by atoms with Crippen molar-refractivity contribution in [2.45, 2.75) is 0 Å². The molecule has 2 heterocycles. The molecule has 6 heteroatoms. The van der Waals surface area contributed by atoms with Crippen LogP contribution in [-0.2, 0) is 0 Å². The van der Waals surface area contributed by atoms with Crippen molar-refractivity contribution >= 4 is 17.4 Å². The maximum atomic E-state index is 14.1. The molecule has 1 aromatic carbocycles. The first-order valence-corrected chi connectivity index (χ1v) is 6.16. The van der Waals surface area contributed by atoms with E-state index in [-0.39, 0.29) is 16.4 Å². The summed E-state index contributed by atoms with van der Waals surface area (Å²) in [5.41, 5.74) is 6.95. The molecule has 3 aromatic rings. The second-order valence-corrected chi connectivity index (χ2v) is 4.52. The van der Waals surface area contributed by atoms with Crippen LogP contribution in [0.2, 0.25) is 5.02 Å². The van der Waals surface area contributed by atoms with Gasteiger partial charge in [0.1, 0.15) is 5.82 Å². The zero-order chi connectivity index (χ0) is 14.1. The number of nitrogens with zero attached hydrogens (tertiary/aromatic N) is 2. The molecule has 0 atom stereocenters. The molecule has 0 amide bonds. The minimum Gasteiger partial charge on any atom is -0.380 e. The molecule has 0 aliphatic rings. The summed E-state index contributed by atoms with van der Waals surface area (Å²) in [6, 6.07) is 7.92. The Balaban J connectivity index is 2.28. The quantitative estimate of drug-likeness (QED) is 0.780. The van der Waals surface area contributed by atoms with Gasteiger partial charge in [0.2, 0.25) is 0 Å². The lowest BCUT2D eigenvalue weighted by Gasteiger charge is -2.06. The van der Waals surface area contributed by atoms with Crippen LogP contribution >= 0.6 is 11.6 Å². The van der Waals surface area contributed by atoms with Crippen molar-refractivity contribution in [3.8, 4) is 22.5 Å². The van der Waals surface area contributed by atoms with Gasteiger partial charge in [-0.25, -0.2) is 4.39 Å². The molecule has 0 aliphatic heterocycles. The molecule has 0 saturated heterocycles. The highest BCUT2D eigenvalue weighted by molar-refractivity contribution is 6.33. The summed E-state index contributed by atoms with van der Waals surface area (Å²) in [6.45, 7) is 0. The van der Waals surface area contributed by atoms with E-state index < -0.39 is 5.82 Å². The van der Waals surface area contributed by atoms with E-state index in [2.05, 4.69) is 10.1 Å². The maximum Gasteiger partial charge on any atom is 0.178 e. The lowest BCUT2D eigenvalue weighted by atomic mass is 10.0. The maximum absolute atomic E-state index is 14.1. The van der Waals surface area contributed by atoms with Crippen molar-refractivity contribution in [1.29, 1.82) is 0 Å². The summed E-state index contributed by atoms with van der Waals surface area (Å²) in [5, 5.41) is 3.94. The van der Waals surface area contributed by atoms with Gasteiger partial charge in [0.25, 0.3) is 0 Å². The Bertz CT molecular complexity index is 738. The third-order valence-corrected chi connectivity index (χ3v) is 3.17. The molecule has 20 heavy (non-hydrogen) atoms. The highest BCUT2D eigenvalue weighted by Crippen LogP contribution is 2.40. The lowest BCUT2D eigenvalue weighted by Crippen LogP contribution is -1.92. The van der Waals surface area contributed by atoms with E-state index >= 15 is 0 Å². The molecule has 0 unspecified atom stereocenters. The van der Waals surface area contributed by atoms with Gasteiger partial charge in [-0.2, -0.15) is 0 Å². The average Bonchev–Trinajstić information content (AvgIpc) is 2.82. The topological polar surface area (TPSA) is 64.9 Å². The van der Waals surface area contributed by atoms with Gasteiger partial charge in [0.05, 0.1) is 10.6 Å². The van der Waals surface area contributed by atoms with Gasteiger partial charge < -0.3 is 10.3 Å². The number of benzene rings is 1. The first-order valence-electron chi connectivity index (χ1n) is 5.78. The Hall–Kier alpha value is -2.40. The number of rotatable bonds is 2. The van der Waals surface area contributed by atoms with Gasteiger partial charge in [0.15, 0.2) is 11.6 Å². The largest absolute Gasteiger partial charge is 0.380 e. The highest BCUT2D eigenvalue weighted by Gasteiger charge is 2.22. The lowest BCUT2D eigenvalue weighted by molar-refractivity contribution is 0.436. The Labute approximate surface area is 119 Å². The van der Waals surface area contributed by atoms with Crippen LogP contribution in [0.5, 0.6) is 0 Å². The number of aromatic nitrogens is 2. The minimum absolute atomic E-state index is 0.0795. The van der Waals surface area contributed by atoms with Crippen molar-refractivity contribution in [2.24, 2.45) is 0 Å². The van der Waals surface area contributed by atoms with E-state index in [0.29, 0.717) is 16.9 Å². The third-order valence-electron chi connectivity index (χ3n) is 2.85. The molecule has 3 rings (SSSR count). The SMILES string of the molecule is Nc1noc(-c2cccnc2)c1-c1c(F)cccc1Cl. The summed E-state index contributed by atoms with van der Waals surface area (Å²) in [5.74, 6) is -0.0732. The number of pyridine rings is 1. The van der Waals surface area contributed by atoms with Gasteiger partial charge >= 0.3 is 0 Å². The summed E-state index contributed by atoms with van der Waals surface area (Å²) in [7, 11) is 0. The monoisotopic (exact) mass is 289 g/mol. The number of nitrogens with two attached hydrogens (primary N) is 1. The van der Waals surface area contributed by atoms with Crippen molar-refractivity contribution in [3.63, 3.8) is 0 Å². The van der Waals surface area contributed by atoms with Crippen LogP contribution in [0.25, 0.3) is 22.5 Å². The van der Waals surface area contributed by atoms with Crippen molar-refractivity contribution in [3.05, 3.63) is 53.6 Å². The van der Waals surface area contributed by atoms with E-state index in [0.717, 1.165) is 0 Å². The van der Waals surface area contributed by atoms with Crippen LogP contribution in [0.4, 0.5) is 10.2 Å². The van der Waals surface area contributed by atoms with Gasteiger partial charge in [-0.3, -0.25) is 4.98 Å². The van der Waals surface area contributed by atoms with Crippen molar-refractivity contribution in [1.82, 2.24) is 10.1 Å². The summed E-state index contributed by atoms with van der Waals surface area (Å²) < 4.78 is 19.3. The van der Waals surface area contributed by atoms with Gasteiger partial charge in [-0.15, -0.1) is 0 Å². The first-order chi connectivity index (χ1) is 9.68. The van der Waals surface area contributed by atoms with E-state index in [1.807, 2.05) is 0 Å². The van der Waals surface area contributed by atoms with Crippen LogP contribution in [-0.4, -0.2) is 10.1 Å². The predicted molar refractivity (Wildman–Crippen MR) is 74.6 cm³/mol. The third kappa shape index (κ3) is 2.02. The van der Waals surface area contributed by atoms with Crippen LogP contribution in [0.1, 0.15) is 0 Å². The number of hydrogen-bond acceptors (Lipinski definition) is 4. The molecule has 2 aromatic heterocycles. The summed E-state index contributed by atoms with van der Waals surface area (Å²) >= 11 is 6.07. The smallest absolute Gasteiger partial charge is 0.178 e. The fourth-order valence-electron chi connectivity index (χ4n) is 1.97. The first kappa shape index (κ1) is 12.6.